The smallest absolute Gasteiger partial charge is 0.123 e. The molecular formula is C15H19N3O. The third-order valence-corrected chi connectivity index (χ3v) is 3.46. The van der Waals surface area contributed by atoms with Crippen molar-refractivity contribution in [3.8, 4) is 17.0 Å². The molecule has 0 saturated carbocycles. The fourth-order valence-corrected chi connectivity index (χ4v) is 2.64. The van der Waals surface area contributed by atoms with Gasteiger partial charge in [-0.2, -0.15) is 0 Å². The molecule has 1 aliphatic rings. The second-order valence-corrected chi connectivity index (χ2v) is 4.75. The molecule has 100 valence electrons. The molecule has 19 heavy (non-hydrogen) atoms. The van der Waals surface area contributed by atoms with Crippen molar-refractivity contribution >= 4 is 0 Å². The second-order valence-electron chi connectivity index (χ2n) is 4.75. The van der Waals surface area contributed by atoms with E-state index < -0.39 is 0 Å². The van der Waals surface area contributed by atoms with Crippen LogP contribution in [0.25, 0.3) is 11.3 Å². The predicted octanol–water partition coefficient (Wildman–Crippen LogP) is 2.36. The van der Waals surface area contributed by atoms with Crippen LogP contribution >= 0.6 is 0 Å². The summed E-state index contributed by atoms with van der Waals surface area (Å²) in [6, 6.07) is 8.28. The molecule has 1 aromatic carbocycles. The first-order valence-corrected chi connectivity index (χ1v) is 6.79. The highest BCUT2D eigenvalue weighted by atomic mass is 16.5. The molecule has 0 radical (unpaired) electrons. The van der Waals surface area contributed by atoms with Gasteiger partial charge in [-0.25, -0.2) is 4.98 Å². The highest BCUT2D eigenvalue weighted by molar-refractivity contribution is 5.64. The third-order valence-electron chi connectivity index (χ3n) is 3.46. The quantitative estimate of drug-likeness (QED) is 0.917. The van der Waals surface area contributed by atoms with Crippen molar-refractivity contribution in [2.24, 2.45) is 0 Å². The minimum Gasteiger partial charge on any atom is -0.494 e. The number of nitrogens with one attached hydrogen (secondary N) is 1. The average molecular weight is 257 g/mol. The van der Waals surface area contributed by atoms with Gasteiger partial charge in [0.05, 0.1) is 24.5 Å². The molecule has 3 rings (SSSR count). The van der Waals surface area contributed by atoms with Crippen molar-refractivity contribution in [1.29, 1.82) is 0 Å². The van der Waals surface area contributed by atoms with E-state index in [0.29, 0.717) is 6.61 Å². The maximum atomic E-state index is 5.49. The lowest BCUT2D eigenvalue weighted by molar-refractivity contribution is 0.340. The van der Waals surface area contributed by atoms with E-state index in [1.165, 1.54) is 11.3 Å². The van der Waals surface area contributed by atoms with Crippen LogP contribution in [0.2, 0.25) is 0 Å². The Morgan fingerprint density at radius 1 is 1.32 bits per heavy atom. The van der Waals surface area contributed by atoms with Gasteiger partial charge in [0.2, 0.25) is 0 Å². The van der Waals surface area contributed by atoms with Crippen molar-refractivity contribution in [1.82, 2.24) is 14.9 Å². The monoisotopic (exact) mass is 257 g/mol. The topological polar surface area (TPSA) is 39.1 Å². The first-order valence-electron chi connectivity index (χ1n) is 6.79. The van der Waals surface area contributed by atoms with Gasteiger partial charge in [-0.3, -0.25) is 0 Å². The van der Waals surface area contributed by atoms with Crippen LogP contribution in [0, 0.1) is 6.92 Å². The largest absolute Gasteiger partial charge is 0.494 e. The Hall–Kier alpha value is -1.81. The Kier molecular flexibility index (Phi) is 3.25. The van der Waals surface area contributed by atoms with Crippen molar-refractivity contribution < 1.29 is 4.74 Å². The number of fused-ring (bicyclic) bond motifs is 1. The molecule has 0 atom stereocenters. The molecular weight excluding hydrogens is 238 g/mol. The van der Waals surface area contributed by atoms with Crippen LogP contribution < -0.4 is 10.1 Å². The minimum atomic E-state index is 0.701. The molecule has 1 aromatic heterocycles. The van der Waals surface area contributed by atoms with Crippen LogP contribution in [0.4, 0.5) is 0 Å². The van der Waals surface area contributed by atoms with Gasteiger partial charge < -0.3 is 14.6 Å². The van der Waals surface area contributed by atoms with Crippen molar-refractivity contribution in [2.75, 3.05) is 13.2 Å². The molecule has 0 amide bonds. The van der Waals surface area contributed by atoms with Crippen LogP contribution in [0.5, 0.6) is 5.75 Å². The Bertz CT molecular complexity index is 572. The van der Waals surface area contributed by atoms with Crippen molar-refractivity contribution in [3.63, 3.8) is 0 Å². The average Bonchev–Trinajstić information content (AvgIpc) is 2.76. The van der Waals surface area contributed by atoms with Crippen LogP contribution in [0.3, 0.4) is 0 Å². The lowest BCUT2D eigenvalue weighted by Crippen LogP contribution is -2.28. The SMILES string of the molecule is CCOc1ccc(-c2c(C)nc3n2CCNC3)cc1. The van der Waals surface area contributed by atoms with Gasteiger partial charge >= 0.3 is 0 Å². The summed E-state index contributed by atoms with van der Waals surface area (Å²) in [5, 5.41) is 3.36. The van der Waals surface area contributed by atoms with E-state index >= 15 is 0 Å². The Morgan fingerprint density at radius 3 is 2.84 bits per heavy atom. The van der Waals surface area contributed by atoms with E-state index in [-0.39, 0.29) is 0 Å². The summed E-state index contributed by atoms with van der Waals surface area (Å²) in [6.07, 6.45) is 0. The van der Waals surface area contributed by atoms with Crippen LogP contribution in [-0.4, -0.2) is 22.7 Å². The normalized spacial score (nSPS) is 14.2. The summed E-state index contributed by atoms with van der Waals surface area (Å²) in [7, 11) is 0. The number of imidazole rings is 1. The predicted molar refractivity (Wildman–Crippen MR) is 75.3 cm³/mol. The number of aryl methyl sites for hydroxylation is 1. The molecule has 0 bridgehead atoms. The second kappa shape index (κ2) is 5.05. The minimum absolute atomic E-state index is 0.701. The van der Waals surface area contributed by atoms with Gasteiger partial charge in [0.15, 0.2) is 0 Å². The molecule has 4 nitrogen and oxygen atoms in total. The number of aromatic nitrogens is 2. The Labute approximate surface area is 113 Å². The number of ether oxygens (including phenoxy) is 1. The van der Waals surface area contributed by atoms with E-state index in [4.69, 9.17) is 4.74 Å². The fourth-order valence-electron chi connectivity index (χ4n) is 2.64. The van der Waals surface area contributed by atoms with Gasteiger partial charge in [0.25, 0.3) is 0 Å². The standard InChI is InChI=1S/C15H19N3O/c1-3-19-13-6-4-12(5-7-13)15-11(2)17-14-10-16-8-9-18(14)15/h4-7,16H,3,8-10H2,1-2H3. The maximum absolute atomic E-state index is 5.49. The highest BCUT2D eigenvalue weighted by Crippen LogP contribution is 2.27. The number of benzene rings is 1. The summed E-state index contributed by atoms with van der Waals surface area (Å²) in [5.74, 6) is 2.05. The van der Waals surface area contributed by atoms with Crippen molar-refractivity contribution in [2.45, 2.75) is 26.9 Å². The number of hydrogen-bond acceptors (Lipinski definition) is 3. The molecule has 0 unspecified atom stereocenters. The van der Waals surface area contributed by atoms with E-state index in [0.717, 1.165) is 36.9 Å². The number of nitrogens with zero attached hydrogens (tertiary/aromatic N) is 2. The zero-order valence-electron chi connectivity index (χ0n) is 11.4. The first kappa shape index (κ1) is 12.2. The first-order chi connectivity index (χ1) is 9.29. The van der Waals surface area contributed by atoms with Crippen LogP contribution in [0.15, 0.2) is 24.3 Å². The van der Waals surface area contributed by atoms with E-state index in [1.807, 2.05) is 19.1 Å². The molecule has 1 N–H and O–H groups in total. The lowest BCUT2D eigenvalue weighted by atomic mass is 10.1. The van der Waals surface area contributed by atoms with Gasteiger partial charge in [0, 0.05) is 18.7 Å². The molecule has 0 fully saturated rings. The summed E-state index contributed by atoms with van der Waals surface area (Å²) in [6.45, 7) is 7.63. The van der Waals surface area contributed by atoms with E-state index in [9.17, 15) is 0 Å². The fraction of sp³-hybridized carbons (Fsp3) is 0.400. The van der Waals surface area contributed by atoms with Gasteiger partial charge in [-0.15, -0.1) is 0 Å². The van der Waals surface area contributed by atoms with Gasteiger partial charge in [-0.05, 0) is 38.1 Å². The molecule has 0 spiro atoms. The van der Waals surface area contributed by atoms with Gasteiger partial charge in [-0.1, -0.05) is 0 Å². The number of hydrogen-bond donors (Lipinski definition) is 1. The maximum Gasteiger partial charge on any atom is 0.123 e. The molecule has 2 aromatic rings. The van der Waals surface area contributed by atoms with Crippen LogP contribution in [0.1, 0.15) is 18.4 Å². The van der Waals surface area contributed by atoms with E-state index in [1.54, 1.807) is 0 Å². The van der Waals surface area contributed by atoms with Crippen LogP contribution in [-0.2, 0) is 13.1 Å². The third kappa shape index (κ3) is 2.24. The lowest BCUT2D eigenvalue weighted by Gasteiger charge is -2.18. The molecule has 4 heteroatoms. The summed E-state index contributed by atoms with van der Waals surface area (Å²) < 4.78 is 7.81. The van der Waals surface area contributed by atoms with E-state index in [2.05, 4.69) is 33.9 Å². The Morgan fingerprint density at radius 2 is 2.11 bits per heavy atom. The molecule has 1 aliphatic heterocycles. The summed E-state index contributed by atoms with van der Waals surface area (Å²) >= 11 is 0. The van der Waals surface area contributed by atoms with Gasteiger partial charge in [0.1, 0.15) is 11.6 Å². The molecule has 0 aliphatic carbocycles. The van der Waals surface area contributed by atoms with Crippen molar-refractivity contribution in [3.05, 3.63) is 35.8 Å². The Balaban J connectivity index is 1.99. The summed E-state index contributed by atoms with van der Waals surface area (Å²) in [5.41, 5.74) is 3.55. The molecule has 2 heterocycles. The zero-order chi connectivity index (χ0) is 13.2. The molecule has 0 saturated heterocycles. The summed E-state index contributed by atoms with van der Waals surface area (Å²) in [4.78, 5) is 4.66. The number of rotatable bonds is 3. The highest BCUT2D eigenvalue weighted by Gasteiger charge is 2.18. The zero-order valence-corrected chi connectivity index (χ0v) is 11.4.